The lowest BCUT2D eigenvalue weighted by Crippen LogP contribution is -2.41. The van der Waals surface area contributed by atoms with Crippen LogP contribution in [0.3, 0.4) is 0 Å². The van der Waals surface area contributed by atoms with Gasteiger partial charge in [0.2, 0.25) is 0 Å². The van der Waals surface area contributed by atoms with Crippen molar-refractivity contribution < 1.29 is 14.3 Å². The van der Waals surface area contributed by atoms with Crippen LogP contribution in [0.5, 0.6) is 5.75 Å². The van der Waals surface area contributed by atoms with Crippen LogP contribution in [-0.2, 0) is 16.2 Å². The lowest BCUT2D eigenvalue weighted by Gasteiger charge is -2.11. The van der Waals surface area contributed by atoms with Crippen LogP contribution in [-0.4, -0.2) is 24.1 Å². The van der Waals surface area contributed by atoms with E-state index >= 15 is 0 Å². The van der Waals surface area contributed by atoms with E-state index in [4.69, 9.17) is 16.3 Å². The number of hydrazone groups is 1. The molecule has 1 atom stereocenters. The molecular weight excluding hydrogens is 446 g/mol. The molecule has 0 aromatic heterocycles. The van der Waals surface area contributed by atoms with E-state index in [0.29, 0.717) is 16.3 Å². The van der Waals surface area contributed by atoms with E-state index in [-0.39, 0.29) is 12.6 Å². The molecular formula is C20H21BrClN3O3. The Kier molecular flexibility index (Phi) is 8.47. The third-order valence-electron chi connectivity index (χ3n) is 3.88. The Labute approximate surface area is 177 Å². The summed E-state index contributed by atoms with van der Waals surface area (Å²) in [7, 11) is 0. The van der Waals surface area contributed by atoms with Gasteiger partial charge in [0.05, 0.1) is 6.21 Å². The van der Waals surface area contributed by atoms with Crippen LogP contribution in [0.15, 0.2) is 52.0 Å². The van der Waals surface area contributed by atoms with Gasteiger partial charge in [-0.25, -0.2) is 5.43 Å². The monoisotopic (exact) mass is 465 g/mol. The van der Waals surface area contributed by atoms with E-state index in [2.05, 4.69) is 31.8 Å². The number of amides is 2. The lowest BCUT2D eigenvalue weighted by molar-refractivity contribution is -0.139. The standard InChI is InChI=1S/C20H21BrClN3O3/c1-3-13(2)24-19(26)20(27)25-23-11-15-10-16(21)8-9-18(15)28-12-14-6-4-5-7-17(14)22/h4-11,13H,3,12H2,1-2H3,(H,24,26)(H,25,27)/b23-11-/t13-/m0/s1. The highest BCUT2D eigenvalue weighted by molar-refractivity contribution is 9.10. The summed E-state index contributed by atoms with van der Waals surface area (Å²) in [5.74, 6) is -0.994. The minimum Gasteiger partial charge on any atom is -0.488 e. The number of ether oxygens (including phenoxy) is 1. The molecule has 2 N–H and O–H groups in total. The van der Waals surface area contributed by atoms with Crippen molar-refractivity contribution in [2.75, 3.05) is 0 Å². The maximum Gasteiger partial charge on any atom is 0.329 e. The first-order valence-corrected chi connectivity index (χ1v) is 9.87. The number of benzene rings is 2. The summed E-state index contributed by atoms with van der Waals surface area (Å²) >= 11 is 9.54. The Bertz CT molecular complexity index is 874. The van der Waals surface area contributed by atoms with E-state index in [1.54, 1.807) is 18.2 Å². The fourth-order valence-electron chi connectivity index (χ4n) is 2.13. The fraction of sp³-hybridized carbons (Fsp3) is 0.250. The minimum absolute atomic E-state index is 0.0860. The van der Waals surface area contributed by atoms with Gasteiger partial charge in [-0.05, 0) is 37.6 Å². The first-order chi connectivity index (χ1) is 13.4. The molecule has 2 aromatic rings. The molecule has 0 aliphatic heterocycles. The molecule has 148 valence electrons. The van der Waals surface area contributed by atoms with Gasteiger partial charge in [0.15, 0.2) is 0 Å². The normalized spacial score (nSPS) is 11.9. The van der Waals surface area contributed by atoms with Crippen molar-refractivity contribution in [3.63, 3.8) is 0 Å². The predicted octanol–water partition coefficient (Wildman–Crippen LogP) is 4.05. The fourth-order valence-corrected chi connectivity index (χ4v) is 2.69. The molecule has 6 nitrogen and oxygen atoms in total. The molecule has 8 heteroatoms. The van der Waals surface area contributed by atoms with Gasteiger partial charge in [-0.3, -0.25) is 9.59 Å². The number of carbonyl (C=O) groups excluding carboxylic acids is 2. The maximum absolute atomic E-state index is 11.8. The van der Waals surface area contributed by atoms with Gasteiger partial charge in [0.25, 0.3) is 0 Å². The number of carbonyl (C=O) groups is 2. The molecule has 28 heavy (non-hydrogen) atoms. The number of nitrogens with one attached hydrogen (secondary N) is 2. The molecule has 0 aliphatic rings. The first-order valence-electron chi connectivity index (χ1n) is 8.70. The molecule has 0 saturated heterocycles. The molecule has 0 fully saturated rings. The van der Waals surface area contributed by atoms with Gasteiger partial charge in [0, 0.05) is 26.7 Å². The largest absolute Gasteiger partial charge is 0.488 e. The Morgan fingerprint density at radius 1 is 1.25 bits per heavy atom. The molecule has 0 saturated carbocycles. The van der Waals surface area contributed by atoms with E-state index in [0.717, 1.165) is 16.5 Å². The summed E-state index contributed by atoms with van der Waals surface area (Å²) in [6.45, 7) is 4.02. The lowest BCUT2D eigenvalue weighted by atomic mass is 10.2. The van der Waals surface area contributed by atoms with Gasteiger partial charge >= 0.3 is 11.8 Å². The molecule has 0 bridgehead atoms. The molecule has 2 aromatic carbocycles. The molecule has 0 radical (unpaired) electrons. The van der Waals surface area contributed by atoms with Crippen molar-refractivity contribution in [2.45, 2.75) is 32.9 Å². The van der Waals surface area contributed by atoms with Crippen molar-refractivity contribution in [3.05, 3.63) is 63.1 Å². The van der Waals surface area contributed by atoms with Crippen LogP contribution in [0.4, 0.5) is 0 Å². The minimum atomic E-state index is -0.829. The summed E-state index contributed by atoms with van der Waals surface area (Å²) in [4.78, 5) is 23.5. The number of halogens is 2. The SMILES string of the molecule is CC[C@H](C)NC(=O)C(=O)N/N=C\c1cc(Br)ccc1OCc1ccccc1Cl. The van der Waals surface area contributed by atoms with E-state index in [9.17, 15) is 9.59 Å². The summed E-state index contributed by atoms with van der Waals surface area (Å²) in [6.07, 6.45) is 2.15. The van der Waals surface area contributed by atoms with Crippen molar-refractivity contribution in [1.29, 1.82) is 0 Å². The second-order valence-electron chi connectivity index (χ2n) is 6.04. The average molecular weight is 467 g/mol. The molecule has 0 aliphatic carbocycles. The average Bonchev–Trinajstić information content (AvgIpc) is 2.68. The highest BCUT2D eigenvalue weighted by atomic mass is 79.9. The summed E-state index contributed by atoms with van der Waals surface area (Å²) < 4.78 is 6.66. The van der Waals surface area contributed by atoms with E-state index < -0.39 is 11.8 Å². The topological polar surface area (TPSA) is 79.8 Å². The zero-order chi connectivity index (χ0) is 20.5. The van der Waals surface area contributed by atoms with Gasteiger partial charge < -0.3 is 10.1 Å². The van der Waals surface area contributed by atoms with Crippen molar-refractivity contribution in [2.24, 2.45) is 5.10 Å². The summed E-state index contributed by atoms with van der Waals surface area (Å²) in [5, 5.41) is 7.05. The maximum atomic E-state index is 11.8. The number of nitrogens with zero attached hydrogens (tertiary/aromatic N) is 1. The first kappa shape index (κ1) is 21.9. The molecule has 2 amide bonds. The van der Waals surface area contributed by atoms with Crippen LogP contribution in [0, 0.1) is 0 Å². The zero-order valence-corrected chi connectivity index (χ0v) is 17.9. The quantitative estimate of drug-likeness (QED) is 0.367. The Morgan fingerprint density at radius 3 is 2.71 bits per heavy atom. The third kappa shape index (κ3) is 6.65. The van der Waals surface area contributed by atoms with Crippen molar-refractivity contribution in [3.8, 4) is 5.75 Å². The zero-order valence-electron chi connectivity index (χ0n) is 15.5. The Morgan fingerprint density at radius 2 is 2.00 bits per heavy atom. The number of hydrogen-bond acceptors (Lipinski definition) is 4. The molecule has 2 rings (SSSR count). The third-order valence-corrected chi connectivity index (χ3v) is 4.74. The smallest absolute Gasteiger partial charge is 0.329 e. The number of rotatable bonds is 7. The molecule has 0 spiro atoms. The second kappa shape index (κ2) is 10.8. The van der Waals surface area contributed by atoms with Crippen molar-refractivity contribution in [1.82, 2.24) is 10.7 Å². The highest BCUT2D eigenvalue weighted by Crippen LogP contribution is 2.24. The van der Waals surface area contributed by atoms with Crippen LogP contribution in [0.2, 0.25) is 5.02 Å². The Balaban J connectivity index is 2.03. The number of hydrogen-bond donors (Lipinski definition) is 2. The van der Waals surface area contributed by atoms with Gasteiger partial charge in [0.1, 0.15) is 12.4 Å². The van der Waals surface area contributed by atoms with Crippen LogP contribution in [0.25, 0.3) is 0 Å². The summed E-state index contributed by atoms with van der Waals surface area (Å²) in [5.41, 5.74) is 3.70. The van der Waals surface area contributed by atoms with E-state index in [1.165, 1.54) is 6.21 Å². The van der Waals surface area contributed by atoms with Crippen LogP contribution in [0.1, 0.15) is 31.4 Å². The van der Waals surface area contributed by atoms with Gasteiger partial charge in [-0.2, -0.15) is 5.10 Å². The predicted molar refractivity (Wildman–Crippen MR) is 114 cm³/mol. The summed E-state index contributed by atoms with van der Waals surface area (Å²) in [6, 6.07) is 12.7. The second-order valence-corrected chi connectivity index (χ2v) is 7.37. The van der Waals surface area contributed by atoms with Gasteiger partial charge in [-0.15, -0.1) is 0 Å². The van der Waals surface area contributed by atoms with Crippen LogP contribution < -0.4 is 15.5 Å². The van der Waals surface area contributed by atoms with Gasteiger partial charge in [-0.1, -0.05) is 52.7 Å². The van der Waals surface area contributed by atoms with Crippen molar-refractivity contribution >= 4 is 45.6 Å². The van der Waals surface area contributed by atoms with Crippen LogP contribution >= 0.6 is 27.5 Å². The molecule has 0 unspecified atom stereocenters. The Hall–Kier alpha value is -2.38. The highest BCUT2D eigenvalue weighted by Gasteiger charge is 2.14. The molecule has 0 heterocycles. The van der Waals surface area contributed by atoms with E-state index in [1.807, 2.05) is 38.1 Å².